The normalized spacial score (nSPS) is 11.9. The van der Waals surface area contributed by atoms with Crippen LogP contribution in [0.5, 0.6) is 0 Å². The summed E-state index contributed by atoms with van der Waals surface area (Å²) >= 11 is 0. The summed E-state index contributed by atoms with van der Waals surface area (Å²) in [6, 6.07) is 0. The highest BCUT2D eigenvalue weighted by molar-refractivity contribution is 6.13. The van der Waals surface area contributed by atoms with Crippen LogP contribution in [0, 0.1) is 0 Å². The molecule has 14 heavy (non-hydrogen) atoms. The second-order valence-electron chi connectivity index (χ2n) is 2.93. The van der Waals surface area contributed by atoms with E-state index in [0.29, 0.717) is 12.0 Å². The number of carboxylic acid groups (broad SMARTS) is 1. The molecule has 4 heteroatoms. The van der Waals surface area contributed by atoms with E-state index in [9.17, 15) is 9.59 Å². The van der Waals surface area contributed by atoms with E-state index in [2.05, 4.69) is 4.74 Å². The van der Waals surface area contributed by atoms with E-state index in [1.165, 1.54) is 0 Å². The summed E-state index contributed by atoms with van der Waals surface area (Å²) < 4.78 is 4.66. The molecule has 0 saturated carbocycles. The van der Waals surface area contributed by atoms with Crippen LogP contribution in [0.4, 0.5) is 0 Å². The number of carbonyl (C=O) groups is 2. The summed E-state index contributed by atoms with van der Waals surface area (Å²) in [4.78, 5) is 22.0. The lowest BCUT2D eigenvalue weighted by atomic mass is 10.1. The molecule has 0 radical (unpaired) electrons. The molecule has 4 nitrogen and oxygen atoms in total. The Bertz CT molecular complexity index is 253. The molecule has 0 bridgehead atoms. The fraction of sp³-hybridized carbons (Fsp3) is 0.600. The number of allylic oxidation sites excluding steroid dienone is 1. The van der Waals surface area contributed by atoms with Gasteiger partial charge in [-0.3, -0.25) is 0 Å². The molecule has 0 fully saturated rings. The molecule has 80 valence electrons. The van der Waals surface area contributed by atoms with Crippen LogP contribution in [-0.4, -0.2) is 23.7 Å². The van der Waals surface area contributed by atoms with Gasteiger partial charge in [0.05, 0.1) is 6.61 Å². The minimum Gasteiger partial charge on any atom is -0.477 e. The van der Waals surface area contributed by atoms with Crippen molar-refractivity contribution in [2.24, 2.45) is 0 Å². The first-order chi connectivity index (χ1) is 6.54. The lowest BCUT2D eigenvalue weighted by Crippen LogP contribution is -2.17. The molecule has 0 aliphatic carbocycles. The van der Waals surface area contributed by atoms with Gasteiger partial charge in [-0.25, -0.2) is 9.59 Å². The maximum atomic E-state index is 11.2. The molecule has 0 aromatic rings. The predicted molar refractivity (Wildman–Crippen MR) is 51.9 cm³/mol. The van der Waals surface area contributed by atoms with Crippen LogP contribution >= 0.6 is 0 Å². The van der Waals surface area contributed by atoms with Gasteiger partial charge in [0, 0.05) is 0 Å². The Hall–Kier alpha value is -1.32. The smallest absolute Gasteiger partial charge is 0.345 e. The zero-order valence-electron chi connectivity index (χ0n) is 8.79. The SMILES string of the molecule is CCCC(C)=C(C(=O)O)C(=O)OCC. The highest BCUT2D eigenvalue weighted by atomic mass is 16.5. The molecule has 0 heterocycles. The first-order valence-corrected chi connectivity index (χ1v) is 4.64. The predicted octanol–water partition coefficient (Wildman–Crippen LogP) is 1.75. The summed E-state index contributed by atoms with van der Waals surface area (Å²) in [5, 5.41) is 8.81. The Balaban J connectivity index is 4.83. The Kier molecular flexibility index (Phi) is 5.60. The van der Waals surface area contributed by atoms with Crippen molar-refractivity contribution in [3.8, 4) is 0 Å². The van der Waals surface area contributed by atoms with Gasteiger partial charge in [-0.1, -0.05) is 18.9 Å². The molecule has 0 aliphatic heterocycles. The van der Waals surface area contributed by atoms with Gasteiger partial charge in [-0.15, -0.1) is 0 Å². The summed E-state index contributed by atoms with van der Waals surface area (Å²) in [6.07, 6.45) is 1.41. The monoisotopic (exact) mass is 200 g/mol. The van der Waals surface area contributed by atoms with Gasteiger partial charge in [0.1, 0.15) is 5.57 Å². The van der Waals surface area contributed by atoms with Crippen molar-refractivity contribution >= 4 is 11.9 Å². The first kappa shape index (κ1) is 12.7. The van der Waals surface area contributed by atoms with Gasteiger partial charge in [-0.05, 0) is 20.3 Å². The van der Waals surface area contributed by atoms with Crippen molar-refractivity contribution in [1.82, 2.24) is 0 Å². The van der Waals surface area contributed by atoms with Crippen LogP contribution in [0.2, 0.25) is 0 Å². The van der Waals surface area contributed by atoms with Crippen LogP contribution in [0.3, 0.4) is 0 Å². The maximum Gasteiger partial charge on any atom is 0.345 e. The number of esters is 1. The third-order valence-electron chi connectivity index (χ3n) is 1.75. The summed E-state index contributed by atoms with van der Waals surface area (Å²) in [6.45, 7) is 5.40. The largest absolute Gasteiger partial charge is 0.477 e. The minimum atomic E-state index is -1.21. The summed E-state index contributed by atoms with van der Waals surface area (Å²) in [5.74, 6) is -1.96. The second kappa shape index (κ2) is 6.18. The second-order valence-corrected chi connectivity index (χ2v) is 2.93. The lowest BCUT2D eigenvalue weighted by Gasteiger charge is -2.06. The van der Waals surface area contributed by atoms with E-state index in [0.717, 1.165) is 6.42 Å². The third-order valence-corrected chi connectivity index (χ3v) is 1.75. The third kappa shape index (κ3) is 3.60. The number of carbonyl (C=O) groups excluding carboxylic acids is 1. The van der Waals surface area contributed by atoms with E-state index >= 15 is 0 Å². The van der Waals surface area contributed by atoms with E-state index in [1.54, 1.807) is 13.8 Å². The topological polar surface area (TPSA) is 63.6 Å². The average Bonchev–Trinajstić information content (AvgIpc) is 2.04. The number of aliphatic carboxylic acids is 1. The number of hydrogen-bond acceptors (Lipinski definition) is 3. The molecule has 0 aromatic heterocycles. The lowest BCUT2D eigenvalue weighted by molar-refractivity contribution is -0.144. The molecule has 0 saturated heterocycles. The molecule has 1 N–H and O–H groups in total. The van der Waals surface area contributed by atoms with Crippen LogP contribution < -0.4 is 0 Å². The zero-order valence-corrected chi connectivity index (χ0v) is 8.79. The van der Waals surface area contributed by atoms with E-state index in [1.807, 2.05) is 6.92 Å². The van der Waals surface area contributed by atoms with Crippen molar-refractivity contribution < 1.29 is 19.4 Å². The molecule has 0 aliphatic rings. The van der Waals surface area contributed by atoms with Crippen LogP contribution in [0.25, 0.3) is 0 Å². The van der Waals surface area contributed by atoms with Crippen molar-refractivity contribution in [2.45, 2.75) is 33.6 Å². The van der Waals surface area contributed by atoms with Crippen molar-refractivity contribution in [1.29, 1.82) is 0 Å². The van der Waals surface area contributed by atoms with Gasteiger partial charge in [0.15, 0.2) is 0 Å². The summed E-state index contributed by atoms with van der Waals surface area (Å²) in [5.41, 5.74) is 0.340. The molecular formula is C10H16O4. The molecule has 0 atom stereocenters. The molecule has 0 unspecified atom stereocenters. The minimum absolute atomic E-state index is 0.190. The van der Waals surface area contributed by atoms with Crippen molar-refractivity contribution in [2.75, 3.05) is 6.61 Å². The van der Waals surface area contributed by atoms with Gasteiger partial charge in [0.25, 0.3) is 0 Å². The van der Waals surface area contributed by atoms with E-state index in [4.69, 9.17) is 5.11 Å². The Morgan fingerprint density at radius 3 is 2.21 bits per heavy atom. The highest BCUT2D eigenvalue weighted by Crippen LogP contribution is 2.12. The van der Waals surface area contributed by atoms with Gasteiger partial charge in [-0.2, -0.15) is 0 Å². The summed E-state index contributed by atoms with van der Waals surface area (Å²) in [7, 11) is 0. The maximum absolute atomic E-state index is 11.2. The first-order valence-electron chi connectivity index (χ1n) is 4.64. The Labute approximate surface area is 83.6 Å². The van der Waals surface area contributed by atoms with Crippen LogP contribution in [0.15, 0.2) is 11.1 Å². The number of carboxylic acids is 1. The fourth-order valence-electron chi connectivity index (χ4n) is 1.15. The number of ether oxygens (including phenoxy) is 1. The Morgan fingerprint density at radius 1 is 1.29 bits per heavy atom. The van der Waals surface area contributed by atoms with Crippen LogP contribution in [-0.2, 0) is 14.3 Å². The van der Waals surface area contributed by atoms with Gasteiger partial charge < -0.3 is 9.84 Å². The van der Waals surface area contributed by atoms with E-state index < -0.39 is 11.9 Å². The molecule has 0 rings (SSSR count). The molecule has 0 aromatic carbocycles. The van der Waals surface area contributed by atoms with Crippen molar-refractivity contribution in [3.05, 3.63) is 11.1 Å². The highest BCUT2D eigenvalue weighted by Gasteiger charge is 2.21. The molecule has 0 spiro atoms. The standard InChI is InChI=1S/C10H16O4/c1-4-6-7(3)8(9(11)12)10(13)14-5-2/h4-6H2,1-3H3,(H,11,12). The Morgan fingerprint density at radius 2 is 1.86 bits per heavy atom. The van der Waals surface area contributed by atoms with E-state index in [-0.39, 0.29) is 12.2 Å². The van der Waals surface area contributed by atoms with Crippen molar-refractivity contribution in [3.63, 3.8) is 0 Å². The van der Waals surface area contributed by atoms with Gasteiger partial charge in [0.2, 0.25) is 0 Å². The van der Waals surface area contributed by atoms with Crippen LogP contribution in [0.1, 0.15) is 33.6 Å². The number of rotatable bonds is 5. The quantitative estimate of drug-likeness (QED) is 0.318. The van der Waals surface area contributed by atoms with Gasteiger partial charge >= 0.3 is 11.9 Å². The fourth-order valence-corrected chi connectivity index (χ4v) is 1.15. The average molecular weight is 200 g/mol. The zero-order chi connectivity index (χ0) is 11.1. The number of hydrogen-bond donors (Lipinski definition) is 1. The molecular weight excluding hydrogens is 184 g/mol. The molecule has 0 amide bonds.